The minimum Gasteiger partial charge on any atom is -0.480 e. The van der Waals surface area contributed by atoms with Crippen molar-refractivity contribution < 1.29 is 14.7 Å². The summed E-state index contributed by atoms with van der Waals surface area (Å²) >= 11 is 3.32. The summed E-state index contributed by atoms with van der Waals surface area (Å²) in [5, 5.41) is 17.9. The van der Waals surface area contributed by atoms with Crippen molar-refractivity contribution in [3.63, 3.8) is 0 Å². The highest BCUT2D eigenvalue weighted by molar-refractivity contribution is 9.10. The number of carbonyl (C=O) groups excluding carboxylic acids is 1. The predicted molar refractivity (Wildman–Crippen MR) is 127 cm³/mol. The Morgan fingerprint density at radius 2 is 1.59 bits per heavy atom. The lowest BCUT2D eigenvalue weighted by Gasteiger charge is -2.20. The van der Waals surface area contributed by atoms with Crippen molar-refractivity contribution in [3.05, 3.63) is 84.6 Å². The van der Waals surface area contributed by atoms with Gasteiger partial charge in [-0.2, -0.15) is 0 Å². The predicted octanol–water partition coefficient (Wildman–Crippen LogP) is 3.23. The van der Waals surface area contributed by atoms with Crippen molar-refractivity contribution in [2.45, 2.75) is 25.8 Å². The maximum Gasteiger partial charge on any atom is 0.326 e. The first kappa shape index (κ1) is 23.2. The van der Waals surface area contributed by atoms with Gasteiger partial charge in [-0.05, 0) is 48.4 Å². The second-order valence-corrected chi connectivity index (χ2v) is 8.15. The number of rotatable bonds is 10. The summed E-state index contributed by atoms with van der Waals surface area (Å²) < 4.78 is 0.872. The van der Waals surface area contributed by atoms with Gasteiger partial charge in [0.05, 0.1) is 0 Å². The normalized spacial score (nSPS) is 11.7. The number of carboxylic acids is 1. The van der Waals surface area contributed by atoms with Crippen LogP contribution in [-0.2, 0) is 11.2 Å². The van der Waals surface area contributed by atoms with Crippen molar-refractivity contribution in [1.82, 2.24) is 0 Å². The van der Waals surface area contributed by atoms with Gasteiger partial charge in [0.1, 0.15) is 17.4 Å². The molecule has 0 aliphatic rings. The van der Waals surface area contributed by atoms with Crippen LogP contribution in [0, 0.1) is 0 Å². The average molecular weight is 500 g/mol. The largest absolute Gasteiger partial charge is 0.480 e. The molecule has 3 aromatic carbocycles. The summed E-state index contributed by atoms with van der Waals surface area (Å²) in [6.07, 6.45) is 0.841. The van der Waals surface area contributed by atoms with E-state index in [4.69, 9.17) is 0 Å². The number of nitrogens with one attached hydrogen (secondary N) is 3. The van der Waals surface area contributed by atoms with Crippen LogP contribution >= 0.6 is 15.9 Å². The highest BCUT2D eigenvalue weighted by Gasteiger charge is 2.26. The fourth-order valence-electron chi connectivity index (χ4n) is 3.09. The van der Waals surface area contributed by atoms with E-state index >= 15 is 0 Å². The summed E-state index contributed by atoms with van der Waals surface area (Å²) in [7, 11) is 0. The Hall–Kier alpha value is -3.46. The molecule has 8 nitrogen and oxygen atoms in total. The lowest BCUT2D eigenvalue weighted by atomic mass is 10.0. The lowest BCUT2D eigenvalue weighted by Crippen LogP contribution is -2.42. The molecular weight excluding hydrogens is 478 g/mol. The Bertz CT molecular complexity index is 1180. The average Bonchev–Trinajstić information content (AvgIpc) is 2.78. The van der Waals surface area contributed by atoms with E-state index in [1.807, 2.05) is 6.92 Å². The molecule has 166 valence electrons. The van der Waals surface area contributed by atoms with Gasteiger partial charge in [0.25, 0.3) is 16.8 Å². The molecule has 1 amide bonds. The molecule has 0 radical (unpaired) electrons. The molecule has 3 aromatic rings. The molecule has 0 unspecified atom stereocenters. The number of hydrogen-bond donors (Lipinski definition) is 4. The Kier molecular flexibility index (Phi) is 7.42. The summed E-state index contributed by atoms with van der Waals surface area (Å²) in [4.78, 5) is 47.7. The molecule has 3 rings (SSSR count). The number of carbonyl (C=O) groups is 2. The zero-order valence-corrected chi connectivity index (χ0v) is 18.9. The number of amides is 1. The maximum absolute atomic E-state index is 12.3. The fourth-order valence-corrected chi connectivity index (χ4v) is 3.35. The van der Waals surface area contributed by atoms with Gasteiger partial charge in [-0.3, -0.25) is 14.4 Å². The highest BCUT2D eigenvalue weighted by Crippen LogP contribution is 2.19. The first-order valence-electron chi connectivity index (χ1n) is 10.0. The fraction of sp³-hybridized carbons (Fsp3) is 0.217. The van der Waals surface area contributed by atoms with E-state index < -0.39 is 22.9 Å². The van der Waals surface area contributed by atoms with Crippen LogP contribution < -0.4 is 26.8 Å². The minimum atomic E-state index is -1.15. The minimum absolute atomic E-state index is 0.00855. The van der Waals surface area contributed by atoms with Crippen LogP contribution in [0.3, 0.4) is 0 Å². The van der Waals surface area contributed by atoms with Gasteiger partial charge in [-0.1, -0.05) is 35.0 Å². The molecule has 9 heteroatoms. The molecule has 1 atom stereocenters. The van der Waals surface area contributed by atoms with Gasteiger partial charge >= 0.3 is 5.97 Å². The van der Waals surface area contributed by atoms with Crippen LogP contribution in [0.1, 0.15) is 29.3 Å². The smallest absolute Gasteiger partial charge is 0.326 e. The molecule has 0 spiro atoms. The second kappa shape index (κ2) is 10.2. The summed E-state index contributed by atoms with van der Waals surface area (Å²) in [6, 6.07) is 12.6. The molecule has 0 saturated carbocycles. The zero-order valence-electron chi connectivity index (χ0n) is 17.3. The number of hydrogen-bond acceptors (Lipinski definition) is 6. The van der Waals surface area contributed by atoms with Crippen LogP contribution in [0.25, 0.3) is 0 Å². The maximum atomic E-state index is 12.3. The molecule has 0 saturated heterocycles. The number of carboxylic acid groups (broad SMARTS) is 1. The van der Waals surface area contributed by atoms with Crippen molar-refractivity contribution in [2.24, 2.45) is 0 Å². The Morgan fingerprint density at radius 3 is 2.19 bits per heavy atom. The van der Waals surface area contributed by atoms with E-state index in [2.05, 4.69) is 31.9 Å². The van der Waals surface area contributed by atoms with Crippen molar-refractivity contribution in [1.29, 1.82) is 0 Å². The van der Waals surface area contributed by atoms with Crippen molar-refractivity contribution >= 4 is 44.9 Å². The summed E-state index contributed by atoms with van der Waals surface area (Å²) in [5.41, 5.74) is 0.538. The Balaban J connectivity index is 1.66. The Morgan fingerprint density at radius 1 is 0.969 bits per heavy atom. The van der Waals surface area contributed by atoms with E-state index in [1.165, 1.54) is 0 Å². The molecule has 0 aromatic heterocycles. The first-order chi connectivity index (χ1) is 15.3. The van der Waals surface area contributed by atoms with Gasteiger partial charge in [-0.25, -0.2) is 4.79 Å². The van der Waals surface area contributed by atoms with Crippen LogP contribution in [0.4, 0.5) is 17.1 Å². The molecule has 4 N–H and O–H groups in total. The summed E-state index contributed by atoms with van der Waals surface area (Å²) in [6.45, 7) is 2.42. The highest BCUT2D eigenvalue weighted by atomic mass is 79.9. The van der Waals surface area contributed by atoms with Crippen LogP contribution in [-0.4, -0.2) is 29.6 Å². The van der Waals surface area contributed by atoms with Gasteiger partial charge in [0.15, 0.2) is 0 Å². The lowest BCUT2D eigenvalue weighted by molar-refractivity contribution is -0.137. The standard InChI is InChI=1S/C23H22BrN3O5/c1-2-11-25-18-19(21(29)20(18)28)27-17(23(31)32)12-13-3-9-16(10-4-13)26-22(30)14-5-7-15(24)8-6-14/h3-10,17,25,27H,2,11-12H2,1H3,(H,26,30)(H,31,32)/t17-/m0/s1. The van der Waals surface area contributed by atoms with Gasteiger partial charge in [0.2, 0.25) is 0 Å². The number of halogens is 1. The van der Waals surface area contributed by atoms with E-state index in [9.17, 15) is 24.3 Å². The molecular formula is C23H22BrN3O5. The molecule has 32 heavy (non-hydrogen) atoms. The summed E-state index contributed by atoms with van der Waals surface area (Å²) in [5.74, 6) is -1.41. The third kappa shape index (κ3) is 5.42. The number of aliphatic carboxylic acids is 1. The quantitative estimate of drug-likeness (QED) is 0.315. The molecule has 0 fully saturated rings. The van der Waals surface area contributed by atoms with E-state index in [0.717, 1.165) is 10.9 Å². The monoisotopic (exact) mass is 499 g/mol. The SMILES string of the molecule is CCCNc1c(N[C@@H](Cc2ccc(NC(=O)c3ccc(Br)cc3)cc2)C(=O)O)c(=O)c1=O. The van der Waals surface area contributed by atoms with Crippen LogP contribution in [0.5, 0.6) is 0 Å². The second-order valence-electron chi connectivity index (χ2n) is 7.23. The third-order valence-electron chi connectivity index (χ3n) is 4.84. The Labute approximate surface area is 192 Å². The van der Waals surface area contributed by atoms with Crippen LogP contribution in [0.15, 0.2) is 62.6 Å². The molecule has 0 aliphatic heterocycles. The van der Waals surface area contributed by atoms with Gasteiger partial charge in [-0.15, -0.1) is 0 Å². The van der Waals surface area contributed by atoms with Crippen molar-refractivity contribution in [3.8, 4) is 0 Å². The van der Waals surface area contributed by atoms with Gasteiger partial charge in [0, 0.05) is 28.7 Å². The number of benzene rings is 2. The van der Waals surface area contributed by atoms with Crippen molar-refractivity contribution in [2.75, 3.05) is 22.5 Å². The third-order valence-corrected chi connectivity index (χ3v) is 5.37. The molecule has 0 heterocycles. The van der Waals surface area contributed by atoms with E-state index in [1.54, 1.807) is 48.5 Å². The molecule has 0 aliphatic carbocycles. The zero-order chi connectivity index (χ0) is 23.3. The first-order valence-corrected chi connectivity index (χ1v) is 10.8. The van der Waals surface area contributed by atoms with Gasteiger partial charge < -0.3 is 21.1 Å². The van der Waals surface area contributed by atoms with Crippen LogP contribution in [0.2, 0.25) is 0 Å². The number of anilines is 3. The van der Waals surface area contributed by atoms with E-state index in [-0.39, 0.29) is 23.7 Å². The topological polar surface area (TPSA) is 125 Å². The van der Waals surface area contributed by atoms with E-state index in [0.29, 0.717) is 23.4 Å². The molecule has 0 bridgehead atoms.